The van der Waals surface area contributed by atoms with Gasteiger partial charge in [-0.3, -0.25) is 0 Å². The molecule has 0 radical (unpaired) electrons. The number of hydrogen-bond donors (Lipinski definition) is 0. The van der Waals surface area contributed by atoms with Gasteiger partial charge in [-0.05, 0) is 56.5 Å². The lowest BCUT2D eigenvalue weighted by atomic mass is 10.00. The maximum absolute atomic E-state index is 11.8. The maximum Gasteiger partial charge on any atom is 0.258 e. The summed E-state index contributed by atoms with van der Waals surface area (Å²) in [6, 6.07) is 13.2. The Kier molecular flexibility index (Phi) is 7.59. The molecule has 32 heavy (non-hydrogen) atoms. The topological polar surface area (TPSA) is 85.5 Å². The van der Waals surface area contributed by atoms with Crippen molar-refractivity contribution in [1.82, 2.24) is 10.1 Å². The molecular formula is C23H28ClN3O4S. The summed E-state index contributed by atoms with van der Waals surface area (Å²) in [5.41, 5.74) is 3.65. The van der Waals surface area contributed by atoms with Crippen LogP contribution in [-0.4, -0.2) is 44.5 Å². The van der Waals surface area contributed by atoms with Crippen LogP contribution in [0.3, 0.4) is 0 Å². The Hall–Kier alpha value is -2.42. The molecular weight excluding hydrogens is 450 g/mol. The fourth-order valence-corrected chi connectivity index (χ4v) is 4.72. The normalized spacial score (nSPS) is 16.6. The van der Waals surface area contributed by atoms with Crippen molar-refractivity contribution in [3.05, 3.63) is 48.0 Å². The smallest absolute Gasteiger partial charge is 0.258 e. The van der Waals surface area contributed by atoms with E-state index in [1.807, 2.05) is 12.1 Å². The standard InChI is InChI=1S/C23H27N3O4S.ClH/c1-16-7-4-5-12-26(16)21-11-10-18(13-19(21)15-29-2)23-24-22(25-30-23)17-8-6-9-20(14-17)31(3,27)28;/h6,8-11,13-14,16H,4-5,7,12,15H2,1-3H3;1H. The van der Waals surface area contributed by atoms with Crippen LogP contribution in [0.1, 0.15) is 31.7 Å². The predicted octanol–water partition coefficient (Wildman–Crippen LogP) is 4.75. The second-order valence-electron chi connectivity index (χ2n) is 8.04. The van der Waals surface area contributed by atoms with Crippen molar-refractivity contribution >= 4 is 27.9 Å². The van der Waals surface area contributed by atoms with Crippen molar-refractivity contribution in [1.29, 1.82) is 0 Å². The predicted molar refractivity (Wildman–Crippen MR) is 127 cm³/mol. The van der Waals surface area contributed by atoms with E-state index in [1.165, 1.54) is 31.2 Å². The summed E-state index contributed by atoms with van der Waals surface area (Å²) in [6.45, 7) is 3.79. The molecule has 0 N–H and O–H groups in total. The van der Waals surface area contributed by atoms with Gasteiger partial charge in [0.05, 0.1) is 11.5 Å². The van der Waals surface area contributed by atoms with Gasteiger partial charge in [-0.15, -0.1) is 12.4 Å². The first kappa shape index (κ1) is 24.2. The second kappa shape index (κ2) is 10.0. The number of aromatic nitrogens is 2. The monoisotopic (exact) mass is 477 g/mol. The number of benzene rings is 2. The lowest BCUT2D eigenvalue weighted by molar-refractivity contribution is 0.185. The molecule has 2 aromatic carbocycles. The Bertz CT molecular complexity index is 1180. The van der Waals surface area contributed by atoms with E-state index in [0.717, 1.165) is 17.7 Å². The molecule has 1 saturated heterocycles. The molecule has 7 nitrogen and oxygen atoms in total. The minimum Gasteiger partial charge on any atom is -0.380 e. The second-order valence-corrected chi connectivity index (χ2v) is 10.1. The minimum absolute atomic E-state index is 0. The number of halogens is 1. The molecule has 172 valence electrons. The van der Waals surface area contributed by atoms with Gasteiger partial charge in [-0.2, -0.15) is 4.98 Å². The van der Waals surface area contributed by atoms with Crippen molar-refractivity contribution < 1.29 is 17.7 Å². The first-order valence-electron chi connectivity index (χ1n) is 10.4. The number of rotatable bonds is 6. The highest BCUT2D eigenvalue weighted by atomic mass is 35.5. The van der Waals surface area contributed by atoms with Gasteiger partial charge in [0.15, 0.2) is 9.84 Å². The van der Waals surface area contributed by atoms with E-state index < -0.39 is 9.84 Å². The molecule has 1 aliphatic rings. The Morgan fingerprint density at radius 1 is 1.16 bits per heavy atom. The van der Waals surface area contributed by atoms with E-state index in [1.54, 1.807) is 31.4 Å². The largest absolute Gasteiger partial charge is 0.380 e. The van der Waals surface area contributed by atoms with Gasteiger partial charge in [-0.25, -0.2) is 8.42 Å². The Labute approximate surface area is 195 Å². The van der Waals surface area contributed by atoms with Gasteiger partial charge in [-0.1, -0.05) is 17.3 Å². The van der Waals surface area contributed by atoms with E-state index in [2.05, 4.69) is 28.0 Å². The Balaban J connectivity index is 0.00000289. The molecule has 1 atom stereocenters. The Morgan fingerprint density at radius 3 is 2.69 bits per heavy atom. The third kappa shape index (κ3) is 5.14. The van der Waals surface area contributed by atoms with Crippen LogP contribution in [0, 0.1) is 0 Å². The summed E-state index contributed by atoms with van der Waals surface area (Å²) in [6.07, 6.45) is 4.82. The van der Waals surface area contributed by atoms with Crippen LogP contribution < -0.4 is 4.90 Å². The van der Waals surface area contributed by atoms with Gasteiger partial charge < -0.3 is 14.2 Å². The van der Waals surface area contributed by atoms with E-state index in [0.29, 0.717) is 29.9 Å². The first-order chi connectivity index (χ1) is 14.9. The number of sulfone groups is 1. The van der Waals surface area contributed by atoms with Crippen LogP contribution >= 0.6 is 12.4 Å². The Morgan fingerprint density at radius 2 is 1.97 bits per heavy atom. The minimum atomic E-state index is -3.32. The SMILES string of the molecule is COCc1cc(-c2nc(-c3cccc(S(C)(=O)=O)c3)no2)ccc1N1CCCCC1C.Cl. The molecule has 2 heterocycles. The van der Waals surface area contributed by atoms with Crippen molar-refractivity contribution in [3.63, 3.8) is 0 Å². The van der Waals surface area contributed by atoms with E-state index in [9.17, 15) is 8.42 Å². The number of hydrogen-bond acceptors (Lipinski definition) is 7. The molecule has 4 rings (SSSR count). The van der Waals surface area contributed by atoms with Gasteiger partial charge in [0, 0.05) is 48.3 Å². The zero-order valence-corrected chi connectivity index (χ0v) is 20.1. The fourth-order valence-electron chi connectivity index (χ4n) is 4.05. The number of nitrogens with zero attached hydrogens (tertiary/aromatic N) is 3. The van der Waals surface area contributed by atoms with Crippen LogP contribution in [0.2, 0.25) is 0 Å². The quantitative estimate of drug-likeness (QED) is 0.506. The maximum atomic E-state index is 11.8. The third-order valence-electron chi connectivity index (χ3n) is 5.69. The third-order valence-corrected chi connectivity index (χ3v) is 6.80. The molecule has 0 saturated carbocycles. The van der Waals surface area contributed by atoms with Crippen LogP contribution in [-0.2, 0) is 21.2 Å². The van der Waals surface area contributed by atoms with Crippen LogP contribution in [0.4, 0.5) is 5.69 Å². The highest BCUT2D eigenvalue weighted by Crippen LogP contribution is 2.32. The van der Waals surface area contributed by atoms with Crippen molar-refractivity contribution in [3.8, 4) is 22.8 Å². The number of methoxy groups -OCH3 is 1. The summed E-state index contributed by atoms with van der Waals surface area (Å²) in [4.78, 5) is 7.17. The first-order valence-corrected chi connectivity index (χ1v) is 12.3. The molecule has 0 aliphatic carbocycles. The van der Waals surface area contributed by atoms with Gasteiger partial charge in [0.25, 0.3) is 5.89 Å². The average Bonchev–Trinajstić information content (AvgIpc) is 3.24. The summed E-state index contributed by atoms with van der Waals surface area (Å²) in [5, 5.41) is 4.06. The zero-order chi connectivity index (χ0) is 22.0. The lowest BCUT2D eigenvalue weighted by Crippen LogP contribution is -2.38. The average molecular weight is 478 g/mol. The van der Waals surface area contributed by atoms with E-state index >= 15 is 0 Å². The van der Waals surface area contributed by atoms with Gasteiger partial charge >= 0.3 is 0 Å². The number of ether oxygens (including phenoxy) is 1. The molecule has 0 spiro atoms. The van der Waals surface area contributed by atoms with Crippen molar-refractivity contribution in [2.24, 2.45) is 0 Å². The molecule has 1 aromatic heterocycles. The molecule has 0 amide bonds. The molecule has 1 fully saturated rings. The number of anilines is 1. The van der Waals surface area contributed by atoms with Crippen molar-refractivity contribution in [2.45, 2.75) is 43.7 Å². The summed E-state index contributed by atoms with van der Waals surface area (Å²) >= 11 is 0. The molecule has 1 unspecified atom stereocenters. The zero-order valence-electron chi connectivity index (χ0n) is 18.4. The van der Waals surface area contributed by atoms with Crippen LogP contribution in [0.5, 0.6) is 0 Å². The van der Waals surface area contributed by atoms with E-state index in [4.69, 9.17) is 9.26 Å². The van der Waals surface area contributed by atoms with Crippen molar-refractivity contribution in [2.75, 3.05) is 24.8 Å². The lowest BCUT2D eigenvalue weighted by Gasteiger charge is -2.36. The number of piperidine rings is 1. The molecule has 0 bridgehead atoms. The summed E-state index contributed by atoms with van der Waals surface area (Å²) in [7, 11) is -1.63. The van der Waals surface area contributed by atoms with Crippen LogP contribution in [0.25, 0.3) is 22.8 Å². The summed E-state index contributed by atoms with van der Waals surface area (Å²) in [5.74, 6) is 0.734. The molecule has 1 aliphatic heterocycles. The summed E-state index contributed by atoms with van der Waals surface area (Å²) < 4.78 is 34.7. The van der Waals surface area contributed by atoms with Gasteiger partial charge in [0.2, 0.25) is 5.82 Å². The fraction of sp³-hybridized carbons (Fsp3) is 0.391. The highest BCUT2D eigenvalue weighted by molar-refractivity contribution is 7.90. The van der Waals surface area contributed by atoms with Gasteiger partial charge in [0.1, 0.15) is 0 Å². The molecule has 9 heteroatoms. The van der Waals surface area contributed by atoms with E-state index in [-0.39, 0.29) is 17.3 Å². The highest BCUT2D eigenvalue weighted by Gasteiger charge is 2.22. The molecule has 3 aromatic rings. The van der Waals surface area contributed by atoms with Crippen LogP contribution in [0.15, 0.2) is 51.9 Å².